The zero-order valence-electron chi connectivity index (χ0n) is 76.4. The Hall–Kier alpha value is -18.5. The summed E-state index contributed by atoms with van der Waals surface area (Å²) in [6.45, 7) is 0. The van der Waals surface area contributed by atoms with Crippen LogP contribution in [0.25, 0.3) is 274 Å². The highest BCUT2D eigenvalue weighted by molar-refractivity contribution is 6.33. The zero-order valence-corrected chi connectivity index (χ0v) is 76.4. The molecule has 0 saturated heterocycles. The highest BCUT2D eigenvalue weighted by atomic mass is 15.0. The summed E-state index contributed by atoms with van der Waals surface area (Å²) in [6, 6.07) is 192. The Bertz CT molecular complexity index is 10100. The monoisotopic (exact) mass is 1770 g/mol. The highest BCUT2D eigenvalue weighted by Gasteiger charge is 2.24. The fraction of sp³-hybridized carbons (Fsp3) is 0. The molecule has 29 rings (SSSR count). The van der Waals surface area contributed by atoms with Gasteiger partial charge in [0.2, 0.25) is 0 Å². The predicted octanol–water partition coefficient (Wildman–Crippen LogP) is 37.2. The van der Waals surface area contributed by atoms with Crippen molar-refractivity contribution in [2.45, 2.75) is 0 Å². The highest BCUT2D eigenvalue weighted by Crippen LogP contribution is 2.48. The number of benzene rings is 25. The summed E-state index contributed by atoms with van der Waals surface area (Å²) in [7, 11) is 0. The van der Waals surface area contributed by atoms with Crippen LogP contribution in [0.15, 0.2) is 522 Å². The maximum Gasteiger partial charge on any atom is 0.0541 e. The van der Waals surface area contributed by atoms with Gasteiger partial charge < -0.3 is 18.3 Å². The van der Waals surface area contributed by atoms with E-state index in [2.05, 4.69) is 540 Å². The van der Waals surface area contributed by atoms with Gasteiger partial charge in [-0.15, -0.1) is 0 Å². The van der Waals surface area contributed by atoms with Crippen LogP contribution in [0.2, 0.25) is 0 Å². The molecule has 650 valence electrons. The number of nitrogens with zero attached hydrogens (tertiary/aromatic N) is 4. The van der Waals surface area contributed by atoms with E-state index in [9.17, 15) is 0 Å². The first kappa shape index (κ1) is 80.0. The molecular weight excluding hydrogens is 1690 g/mol. The molecule has 4 nitrogen and oxygen atoms in total. The van der Waals surface area contributed by atoms with Crippen LogP contribution in [-0.4, -0.2) is 18.3 Å². The lowest BCUT2D eigenvalue weighted by Gasteiger charge is -2.17. The number of aromatic nitrogens is 4. The second-order valence-corrected chi connectivity index (χ2v) is 37.3. The first-order valence-electron chi connectivity index (χ1n) is 48.4. The van der Waals surface area contributed by atoms with Crippen molar-refractivity contribution in [2.75, 3.05) is 0 Å². The number of fused-ring (bicyclic) bond motifs is 25. The molecule has 0 amide bonds. The van der Waals surface area contributed by atoms with E-state index in [0.29, 0.717) is 0 Å². The summed E-state index contributed by atoms with van der Waals surface area (Å²) >= 11 is 0. The standard InChI is InChI=1S/C70H44N2.C66H42N2/c1-2-15-45(16-3-1)46-29-31-47(32-30-46)48-33-37-52(38-34-48)71-66-27-12-10-23-58(66)63-42-49(35-39-68(63)71)50-36-40-69-64(43-50)59-24-11-13-28-67(59)72(69)53-18-14-17-51(41-53)62-44-65-56-21-5-4-19-54(56)55-20-6-8-25-60(55)70(65)61-26-9-7-22-57(61)62;1-2-10-43(11-3-1)44-18-20-45(21-19-44)46-22-31-53(32-23-46)67-63-16-8-6-14-59(63)61-41-50(29-38-65(61)67)51-30-39-66-62(42-51)60-15-7-9-17-64(60)68(66)54-33-24-47(25-34-54)49-27-35-56-52(40-49)28-37-57-55-13-5-4-12-48(55)26-36-58(56)57/h1-44H;1-42H. The Labute approximate surface area is 808 Å². The first-order chi connectivity index (χ1) is 69.4. The van der Waals surface area contributed by atoms with E-state index in [4.69, 9.17) is 0 Å². The largest absolute Gasteiger partial charge is 0.309 e. The molecule has 0 fully saturated rings. The Morgan fingerprint density at radius 2 is 0.350 bits per heavy atom. The number of hydrogen-bond donors (Lipinski definition) is 0. The molecule has 0 aliphatic heterocycles. The van der Waals surface area contributed by atoms with Crippen LogP contribution in [0.3, 0.4) is 0 Å². The van der Waals surface area contributed by atoms with Gasteiger partial charge in [-0.2, -0.15) is 0 Å². The molecule has 29 aromatic rings. The minimum absolute atomic E-state index is 1.14. The summed E-state index contributed by atoms with van der Waals surface area (Å²) in [5, 5.41) is 27.9. The average Bonchev–Trinajstić information content (AvgIpc) is 0.973. The van der Waals surface area contributed by atoms with Crippen molar-refractivity contribution in [3.8, 4) is 112 Å². The van der Waals surface area contributed by atoms with Crippen LogP contribution < -0.4 is 0 Å². The summed E-state index contributed by atoms with van der Waals surface area (Å²) in [5.74, 6) is 0. The number of rotatable bonds is 12. The third-order valence-corrected chi connectivity index (χ3v) is 29.6. The van der Waals surface area contributed by atoms with E-state index in [1.165, 1.54) is 252 Å². The Morgan fingerprint density at radius 3 is 0.764 bits per heavy atom. The lowest BCUT2D eigenvalue weighted by molar-refractivity contribution is 1.18. The van der Waals surface area contributed by atoms with Gasteiger partial charge in [-0.25, -0.2) is 0 Å². The molecule has 0 radical (unpaired) electrons. The zero-order chi connectivity index (χ0) is 92.0. The third-order valence-electron chi connectivity index (χ3n) is 29.6. The van der Waals surface area contributed by atoms with E-state index in [1.54, 1.807) is 0 Å². The van der Waals surface area contributed by atoms with E-state index in [0.717, 1.165) is 22.7 Å². The van der Waals surface area contributed by atoms with Crippen LogP contribution in [0.1, 0.15) is 0 Å². The molecule has 0 saturated carbocycles. The molecular formula is C136H86N4. The molecule has 4 heterocycles. The molecule has 0 aliphatic rings. The van der Waals surface area contributed by atoms with Crippen LogP contribution in [-0.2, 0) is 0 Å². The Balaban J connectivity index is 0.000000138. The van der Waals surface area contributed by atoms with Gasteiger partial charge in [0, 0.05) is 65.8 Å². The van der Waals surface area contributed by atoms with Gasteiger partial charge in [0.1, 0.15) is 0 Å². The van der Waals surface area contributed by atoms with Gasteiger partial charge in [0.15, 0.2) is 0 Å². The summed E-state index contributed by atoms with van der Waals surface area (Å²) in [6.07, 6.45) is 0. The number of hydrogen-bond acceptors (Lipinski definition) is 0. The molecule has 0 atom stereocenters. The quantitative estimate of drug-likeness (QED) is 0.109. The van der Waals surface area contributed by atoms with Gasteiger partial charge in [-0.3, -0.25) is 0 Å². The molecule has 0 spiro atoms. The lowest BCUT2D eigenvalue weighted by atomic mass is 9.87. The van der Waals surface area contributed by atoms with Gasteiger partial charge in [0.25, 0.3) is 0 Å². The molecule has 0 unspecified atom stereocenters. The third kappa shape index (κ3) is 13.2. The normalized spacial score (nSPS) is 11.9. The summed E-state index contributed by atoms with van der Waals surface area (Å²) in [5.41, 5.74) is 33.5. The second-order valence-electron chi connectivity index (χ2n) is 37.3. The van der Waals surface area contributed by atoms with Gasteiger partial charge in [-0.1, -0.05) is 388 Å². The topological polar surface area (TPSA) is 19.7 Å². The molecule has 0 aliphatic carbocycles. The van der Waals surface area contributed by atoms with Crippen LogP contribution in [0, 0.1) is 0 Å². The maximum absolute atomic E-state index is 2.45. The van der Waals surface area contributed by atoms with E-state index in [-0.39, 0.29) is 0 Å². The minimum Gasteiger partial charge on any atom is -0.309 e. The van der Waals surface area contributed by atoms with Crippen LogP contribution in [0.4, 0.5) is 0 Å². The van der Waals surface area contributed by atoms with Crippen molar-refractivity contribution in [1.29, 1.82) is 0 Å². The molecule has 140 heavy (non-hydrogen) atoms. The van der Waals surface area contributed by atoms with Crippen LogP contribution >= 0.6 is 0 Å². The maximum atomic E-state index is 2.45. The minimum atomic E-state index is 1.14. The van der Waals surface area contributed by atoms with Crippen molar-refractivity contribution in [1.82, 2.24) is 18.3 Å². The van der Waals surface area contributed by atoms with Crippen molar-refractivity contribution in [3.05, 3.63) is 522 Å². The second kappa shape index (κ2) is 32.7. The molecule has 0 N–H and O–H groups in total. The van der Waals surface area contributed by atoms with Crippen molar-refractivity contribution >= 4 is 163 Å². The smallest absolute Gasteiger partial charge is 0.0541 e. The molecule has 4 aromatic heterocycles. The summed E-state index contributed by atoms with van der Waals surface area (Å²) < 4.78 is 9.68. The van der Waals surface area contributed by atoms with Crippen molar-refractivity contribution in [3.63, 3.8) is 0 Å². The van der Waals surface area contributed by atoms with Crippen molar-refractivity contribution in [2.24, 2.45) is 0 Å². The SMILES string of the molecule is c1ccc(-c2ccc(-c3ccc(-n4c5ccccc5c5cc(-c6ccc7c(c6)c6ccccc6n7-c6ccc(-c7ccc8c(ccc9c%10ccccc%10ccc89)c7)cc6)ccc54)cc3)cc2)cc1.c1ccc(-c2ccc(-c3ccc(-n4c5ccccc5c5cc(-c6ccc7c(c6)c6ccccc6n7-c6cccc(-c7cc8c9ccccc9c9ccccc9c8c8ccccc78)c6)ccc54)cc3)cc2)cc1. The Morgan fingerprint density at radius 1 is 0.100 bits per heavy atom. The van der Waals surface area contributed by atoms with E-state index < -0.39 is 0 Å². The summed E-state index contributed by atoms with van der Waals surface area (Å²) in [4.78, 5) is 0. The van der Waals surface area contributed by atoms with Crippen LogP contribution in [0.5, 0.6) is 0 Å². The molecule has 25 aromatic carbocycles. The van der Waals surface area contributed by atoms with Gasteiger partial charge >= 0.3 is 0 Å². The Kier molecular flexibility index (Phi) is 18.7. The lowest BCUT2D eigenvalue weighted by Crippen LogP contribution is -1.95. The first-order valence-corrected chi connectivity index (χ1v) is 48.4. The van der Waals surface area contributed by atoms with Gasteiger partial charge in [0.05, 0.1) is 44.1 Å². The average molecular weight is 1780 g/mol. The van der Waals surface area contributed by atoms with E-state index in [1.807, 2.05) is 0 Å². The van der Waals surface area contributed by atoms with Crippen molar-refractivity contribution < 1.29 is 0 Å². The fourth-order valence-corrected chi connectivity index (χ4v) is 22.9. The van der Waals surface area contributed by atoms with E-state index >= 15 is 0 Å². The fourth-order valence-electron chi connectivity index (χ4n) is 22.9. The van der Waals surface area contributed by atoms with Gasteiger partial charge in [-0.05, 0) is 298 Å². The molecule has 4 heteroatoms. The number of para-hydroxylation sites is 4. The molecule has 0 bridgehead atoms. The predicted molar refractivity (Wildman–Crippen MR) is 596 cm³/mol.